The van der Waals surface area contributed by atoms with E-state index in [1.807, 2.05) is 30.0 Å². The maximum absolute atomic E-state index is 13.2. The Labute approximate surface area is 163 Å². The molecule has 1 amide bonds. The molecule has 0 aliphatic carbocycles. The monoisotopic (exact) mass is 378 g/mol. The number of likely N-dealkylation sites (tertiary alicyclic amines) is 1. The minimum absolute atomic E-state index is 0.0558. The van der Waals surface area contributed by atoms with Crippen LogP contribution in [0.15, 0.2) is 53.2 Å². The Kier molecular flexibility index (Phi) is 5.06. The first-order chi connectivity index (χ1) is 13.7. The van der Waals surface area contributed by atoms with Gasteiger partial charge in [-0.25, -0.2) is 4.98 Å². The molecular weight excluding hydrogens is 356 g/mol. The minimum atomic E-state index is -0.101. The highest BCUT2D eigenvalue weighted by molar-refractivity contribution is 5.96. The summed E-state index contributed by atoms with van der Waals surface area (Å²) in [6, 6.07) is 13.6. The van der Waals surface area contributed by atoms with Gasteiger partial charge in [0, 0.05) is 25.2 Å². The van der Waals surface area contributed by atoms with Crippen molar-refractivity contribution in [3.63, 3.8) is 0 Å². The fraction of sp³-hybridized carbons (Fsp3) is 0.333. The summed E-state index contributed by atoms with van der Waals surface area (Å²) >= 11 is 0. The third-order valence-electron chi connectivity index (χ3n) is 4.98. The van der Waals surface area contributed by atoms with Crippen molar-refractivity contribution in [3.05, 3.63) is 71.5 Å². The molecule has 3 aromatic rings. The number of benzene rings is 1. The average molecular weight is 378 g/mol. The van der Waals surface area contributed by atoms with Crippen molar-refractivity contribution in [1.82, 2.24) is 20.0 Å². The lowest BCUT2D eigenvalue weighted by Gasteiger charge is -2.18. The minimum Gasteiger partial charge on any atom is -0.477 e. The Balaban J connectivity index is 1.65. The molecule has 1 fully saturated rings. The summed E-state index contributed by atoms with van der Waals surface area (Å²) in [4.78, 5) is 23.7. The van der Waals surface area contributed by atoms with Crippen LogP contribution in [0.5, 0.6) is 5.88 Å². The van der Waals surface area contributed by atoms with Crippen LogP contribution in [0, 0.1) is 6.92 Å². The quantitative estimate of drug-likeness (QED) is 0.678. The van der Waals surface area contributed by atoms with E-state index in [1.165, 1.54) is 0 Å². The molecule has 1 aliphatic rings. The summed E-state index contributed by atoms with van der Waals surface area (Å²) in [5.74, 6) is 1.45. The van der Waals surface area contributed by atoms with E-state index < -0.39 is 0 Å². The summed E-state index contributed by atoms with van der Waals surface area (Å²) in [5, 5.41) is 3.94. The van der Waals surface area contributed by atoms with Gasteiger partial charge in [-0.1, -0.05) is 35.5 Å². The molecule has 2 aromatic heterocycles. The standard InChI is InChI=1S/C21H22N4O3/c1-3-27-19-16(10-7-11-22-19)21(26)25-12-17(15-8-5-4-6-9-15)18(13-25)20-23-14(2)24-28-20/h4-11,17-18H,3,12-13H2,1-2H3. The van der Waals surface area contributed by atoms with Crippen molar-refractivity contribution in [2.75, 3.05) is 19.7 Å². The number of amides is 1. The van der Waals surface area contributed by atoms with Crippen LogP contribution < -0.4 is 4.74 Å². The normalized spacial score (nSPS) is 19.0. The molecule has 1 aliphatic heterocycles. The van der Waals surface area contributed by atoms with E-state index in [-0.39, 0.29) is 17.7 Å². The number of hydrogen-bond donors (Lipinski definition) is 0. The first kappa shape index (κ1) is 18.2. The Morgan fingerprint density at radius 1 is 1.18 bits per heavy atom. The van der Waals surface area contributed by atoms with E-state index in [0.717, 1.165) is 5.56 Å². The molecule has 28 heavy (non-hydrogen) atoms. The van der Waals surface area contributed by atoms with Crippen molar-refractivity contribution in [1.29, 1.82) is 0 Å². The zero-order valence-electron chi connectivity index (χ0n) is 15.9. The lowest BCUT2D eigenvalue weighted by Crippen LogP contribution is -2.29. The van der Waals surface area contributed by atoms with E-state index in [9.17, 15) is 4.79 Å². The summed E-state index contributed by atoms with van der Waals surface area (Å²) in [6.45, 7) is 5.19. The average Bonchev–Trinajstić information content (AvgIpc) is 3.35. The van der Waals surface area contributed by atoms with E-state index in [1.54, 1.807) is 25.3 Å². The van der Waals surface area contributed by atoms with E-state index in [2.05, 4.69) is 27.3 Å². The first-order valence-corrected chi connectivity index (χ1v) is 9.39. The smallest absolute Gasteiger partial charge is 0.259 e. The van der Waals surface area contributed by atoms with Crippen LogP contribution in [-0.4, -0.2) is 45.6 Å². The molecule has 2 unspecified atom stereocenters. The molecule has 1 aromatic carbocycles. The molecule has 7 nitrogen and oxygen atoms in total. The number of ether oxygens (including phenoxy) is 1. The molecule has 4 rings (SSSR count). The third-order valence-corrected chi connectivity index (χ3v) is 4.98. The molecule has 3 heterocycles. The number of aryl methyl sites for hydroxylation is 1. The second-order valence-corrected chi connectivity index (χ2v) is 6.80. The van der Waals surface area contributed by atoms with Crippen molar-refractivity contribution >= 4 is 5.91 Å². The fourth-order valence-electron chi connectivity index (χ4n) is 3.70. The molecule has 0 N–H and O–H groups in total. The Bertz CT molecular complexity index is 957. The van der Waals surface area contributed by atoms with Gasteiger partial charge >= 0.3 is 0 Å². The fourth-order valence-corrected chi connectivity index (χ4v) is 3.70. The van der Waals surface area contributed by atoms with Crippen LogP contribution in [0.2, 0.25) is 0 Å². The van der Waals surface area contributed by atoms with Gasteiger partial charge in [0.2, 0.25) is 11.8 Å². The molecule has 2 atom stereocenters. The van der Waals surface area contributed by atoms with Crippen LogP contribution >= 0.6 is 0 Å². The number of nitrogens with zero attached hydrogens (tertiary/aromatic N) is 4. The molecule has 144 valence electrons. The summed E-state index contributed by atoms with van der Waals surface area (Å²) in [6.07, 6.45) is 1.63. The van der Waals surface area contributed by atoms with Gasteiger partial charge in [0.15, 0.2) is 5.82 Å². The molecular formula is C21H22N4O3. The Morgan fingerprint density at radius 3 is 2.68 bits per heavy atom. The van der Waals surface area contributed by atoms with Crippen molar-refractivity contribution in [3.8, 4) is 5.88 Å². The maximum atomic E-state index is 13.2. The van der Waals surface area contributed by atoms with E-state index >= 15 is 0 Å². The Hall–Kier alpha value is -3.22. The van der Waals surface area contributed by atoms with Gasteiger partial charge < -0.3 is 14.2 Å². The third kappa shape index (κ3) is 3.47. The predicted octanol–water partition coefficient (Wildman–Crippen LogP) is 3.20. The van der Waals surface area contributed by atoms with Crippen molar-refractivity contribution in [2.24, 2.45) is 0 Å². The summed E-state index contributed by atoms with van der Waals surface area (Å²) < 4.78 is 11.0. The number of carbonyl (C=O) groups excluding carboxylic acids is 1. The van der Waals surface area contributed by atoms with E-state index in [4.69, 9.17) is 9.26 Å². The number of rotatable bonds is 5. The largest absolute Gasteiger partial charge is 0.477 e. The lowest BCUT2D eigenvalue weighted by atomic mass is 9.89. The van der Waals surface area contributed by atoms with Gasteiger partial charge in [0.05, 0.1) is 12.5 Å². The predicted molar refractivity (Wildman–Crippen MR) is 102 cm³/mol. The van der Waals surface area contributed by atoms with Crippen molar-refractivity contribution in [2.45, 2.75) is 25.7 Å². The van der Waals surface area contributed by atoms with Crippen molar-refractivity contribution < 1.29 is 14.1 Å². The second-order valence-electron chi connectivity index (χ2n) is 6.80. The topological polar surface area (TPSA) is 81.4 Å². The second kappa shape index (κ2) is 7.80. The molecule has 0 spiro atoms. The van der Waals surface area contributed by atoms with Gasteiger partial charge in [0.1, 0.15) is 5.56 Å². The molecule has 0 saturated carbocycles. The van der Waals surface area contributed by atoms with Crippen LogP contribution in [0.1, 0.15) is 46.4 Å². The SMILES string of the molecule is CCOc1ncccc1C(=O)N1CC(c2ccccc2)C(c2nc(C)no2)C1. The first-order valence-electron chi connectivity index (χ1n) is 9.39. The van der Waals surface area contributed by atoms with Crippen LogP contribution in [0.25, 0.3) is 0 Å². The molecule has 0 bridgehead atoms. The van der Waals surface area contributed by atoms with Gasteiger partial charge in [0.25, 0.3) is 5.91 Å². The number of pyridine rings is 1. The van der Waals surface area contributed by atoms with E-state index in [0.29, 0.717) is 42.9 Å². The number of aromatic nitrogens is 3. The molecule has 0 radical (unpaired) electrons. The van der Waals surface area contributed by atoms with Gasteiger partial charge in [-0.15, -0.1) is 0 Å². The van der Waals surface area contributed by atoms with Crippen LogP contribution in [0.4, 0.5) is 0 Å². The van der Waals surface area contributed by atoms with Gasteiger partial charge in [-0.2, -0.15) is 4.98 Å². The number of hydrogen-bond acceptors (Lipinski definition) is 6. The lowest BCUT2D eigenvalue weighted by molar-refractivity contribution is 0.0783. The summed E-state index contributed by atoms with van der Waals surface area (Å²) in [5.41, 5.74) is 1.62. The highest BCUT2D eigenvalue weighted by atomic mass is 16.5. The van der Waals surface area contributed by atoms with Gasteiger partial charge in [-0.3, -0.25) is 4.79 Å². The number of carbonyl (C=O) groups is 1. The maximum Gasteiger partial charge on any atom is 0.259 e. The zero-order chi connectivity index (χ0) is 19.5. The Morgan fingerprint density at radius 2 is 1.96 bits per heavy atom. The van der Waals surface area contributed by atoms with Crippen LogP contribution in [0.3, 0.4) is 0 Å². The highest BCUT2D eigenvalue weighted by Gasteiger charge is 2.41. The highest BCUT2D eigenvalue weighted by Crippen LogP contribution is 2.39. The van der Waals surface area contributed by atoms with Crippen LogP contribution in [-0.2, 0) is 0 Å². The molecule has 1 saturated heterocycles. The molecule has 7 heteroatoms. The zero-order valence-corrected chi connectivity index (χ0v) is 15.9. The summed E-state index contributed by atoms with van der Waals surface area (Å²) in [7, 11) is 0. The van der Waals surface area contributed by atoms with Gasteiger partial charge in [-0.05, 0) is 31.5 Å².